The number of rotatable bonds is 8. The van der Waals surface area contributed by atoms with Gasteiger partial charge in [-0.3, -0.25) is 29.3 Å². The summed E-state index contributed by atoms with van der Waals surface area (Å²) in [7, 11) is 4.04. The van der Waals surface area contributed by atoms with Gasteiger partial charge in [-0.05, 0) is 5.56 Å². The summed E-state index contributed by atoms with van der Waals surface area (Å²) in [5.74, 6) is -9.23. The van der Waals surface area contributed by atoms with Crippen LogP contribution >= 0.6 is 0 Å². The molecule has 0 radical (unpaired) electrons. The van der Waals surface area contributed by atoms with Crippen LogP contribution in [0, 0.1) is 22.0 Å². The fourth-order valence-electron chi connectivity index (χ4n) is 2.68. The number of benzene rings is 1. The second kappa shape index (κ2) is 10.00. The summed E-state index contributed by atoms with van der Waals surface area (Å²) in [5.41, 5.74) is -0.185. The minimum Gasteiger partial charge on any atom is -0.468 e. The van der Waals surface area contributed by atoms with Gasteiger partial charge < -0.3 is 18.9 Å². The molecule has 0 N–H and O–H groups in total. The van der Waals surface area contributed by atoms with Gasteiger partial charge >= 0.3 is 23.9 Å². The van der Waals surface area contributed by atoms with Crippen LogP contribution in [-0.2, 0) is 38.1 Å². The Morgan fingerprint density at radius 3 is 1.32 bits per heavy atom. The molecule has 0 amide bonds. The highest BCUT2D eigenvalue weighted by molar-refractivity contribution is 6.01. The average Bonchev–Trinajstić information content (AvgIpc) is 2.71. The quantitative estimate of drug-likeness (QED) is 0.201. The van der Waals surface area contributed by atoms with Crippen LogP contribution in [0.1, 0.15) is 11.5 Å². The van der Waals surface area contributed by atoms with Crippen molar-refractivity contribution in [1.82, 2.24) is 0 Å². The number of carbonyl (C=O) groups is 4. The van der Waals surface area contributed by atoms with E-state index >= 15 is 0 Å². The molecular formula is C17H19NO10. The van der Waals surface area contributed by atoms with Crippen molar-refractivity contribution in [2.24, 2.45) is 11.8 Å². The van der Waals surface area contributed by atoms with Gasteiger partial charge in [0.2, 0.25) is 0 Å². The van der Waals surface area contributed by atoms with E-state index in [1.165, 1.54) is 12.1 Å². The molecule has 0 bridgehead atoms. The molecular weight excluding hydrogens is 378 g/mol. The monoisotopic (exact) mass is 397 g/mol. The van der Waals surface area contributed by atoms with Crippen LogP contribution < -0.4 is 0 Å². The van der Waals surface area contributed by atoms with E-state index in [-0.39, 0.29) is 11.3 Å². The van der Waals surface area contributed by atoms with Gasteiger partial charge in [0.1, 0.15) is 0 Å². The normalized spacial score (nSPS) is 10.5. The number of nitro groups is 1. The Hall–Kier alpha value is -3.50. The third kappa shape index (κ3) is 4.81. The third-order valence-corrected chi connectivity index (χ3v) is 4.03. The first-order valence-corrected chi connectivity index (χ1v) is 7.79. The van der Waals surface area contributed by atoms with E-state index in [9.17, 15) is 29.3 Å². The highest BCUT2D eigenvalue weighted by atomic mass is 16.6. The summed E-state index contributed by atoms with van der Waals surface area (Å²) >= 11 is 0. The molecule has 152 valence electrons. The van der Waals surface area contributed by atoms with Gasteiger partial charge in [0.25, 0.3) is 5.69 Å². The van der Waals surface area contributed by atoms with Crippen molar-refractivity contribution >= 4 is 29.6 Å². The molecule has 0 saturated heterocycles. The molecule has 1 aromatic carbocycles. The van der Waals surface area contributed by atoms with E-state index < -0.39 is 46.6 Å². The minimum atomic E-state index is -1.74. The smallest absolute Gasteiger partial charge is 0.320 e. The molecule has 0 unspecified atom stereocenters. The van der Waals surface area contributed by atoms with E-state index in [1.807, 2.05) is 0 Å². The molecule has 0 atom stereocenters. The van der Waals surface area contributed by atoms with Crippen LogP contribution in [0.3, 0.4) is 0 Å². The average molecular weight is 397 g/mol. The van der Waals surface area contributed by atoms with Gasteiger partial charge in [0.15, 0.2) is 11.8 Å². The summed E-state index contributed by atoms with van der Waals surface area (Å²) in [6, 6.07) is 4.61. The number of non-ortho nitro benzene ring substituents is 1. The van der Waals surface area contributed by atoms with Gasteiger partial charge in [0, 0.05) is 18.1 Å². The fraction of sp³-hybridized carbons (Fsp3) is 0.412. The summed E-state index contributed by atoms with van der Waals surface area (Å²) in [6.07, 6.45) is 0. The maximum atomic E-state index is 12.3. The Morgan fingerprint density at radius 2 is 1.07 bits per heavy atom. The van der Waals surface area contributed by atoms with Gasteiger partial charge in [0.05, 0.1) is 33.4 Å². The lowest BCUT2D eigenvalue weighted by Gasteiger charge is -2.28. The summed E-state index contributed by atoms with van der Waals surface area (Å²) in [5, 5.41) is 10.9. The predicted molar refractivity (Wildman–Crippen MR) is 90.9 cm³/mol. The Morgan fingerprint density at radius 1 is 0.750 bits per heavy atom. The second-order valence-electron chi connectivity index (χ2n) is 5.42. The first kappa shape index (κ1) is 22.5. The van der Waals surface area contributed by atoms with E-state index in [2.05, 4.69) is 18.9 Å². The van der Waals surface area contributed by atoms with Crippen molar-refractivity contribution in [3.05, 3.63) is 39.9 Å². The molecule has 1 aromatic rings. The standard InChI is InChI=1S/C17H19NO10/c1-25-14(19)12(15(20)26-2)11(13(16(21)27-3)17(22)28-4)9-5-7-10(8-6-9)18(23)24/h5-8,11-13H,1-4H3. The molecule has 0 spiro atoms. The number of nitro benzene ring substituents is 1. The maximum Gasteiger partial charge on any atom is 0.320 e. The molecule has 11 heteroatoms. The van der Waals surface area contributed by atoms with Crippen molar-refractivity contribution in [1.29, 1.82) is 0 Å². The number of ether oxygens (including phenoxy) is 4. The zero-order chi connectivity index (χ0) is 21.4. The lowest BCUT2D eigenvalue weighted by atomic mass is 9.76. The molecule has 11 nitrogen and oxygen atoms in total. The Bertz CT molecular complexity index is 690. The van der Waals surface area contributed by atoms with E-state index in [0.717, 1.165) is 40.6 Å². The molecule has 28 heavy (non-hydrogen) atoms. The Balaban J connectivity index is 3.69. The number of carbonyl (C=O) groups excluding carboxylic acids is 4. The zero-order valence-electron chi connectivity index (χ0n) is 15.6. The van der Waals surface area contributed by atoms with Crippen molar-refractivity contribution in [3.63, 3.8) is 0 Å². The molecule has 0 saturated carbocycles. The maximum absolute atomic E-state index is 12.3. The van der Waals surface area contributed by atoms with E-state index in [0.29, 0.717) is 0 Å². The second-order valence-corrected chi connectivity index (χ2v) is 5.42. The van der Waals surface area contributed by atoms with Gasteiger partial charge in [-0.1, -0.05) is 12.1 Å². The highest BCUT2D eigenvalue weighted by Crippen LogP contribution is 2.36. The zero-order valence-corrected chi connectivity index (χ0v) is 15.6. The van der Waals surface area contributed by atoms with Crippen LogP contribution in [0.4, 0.5) is 5.69 Å². The first-order valence-electron chi connectivity index (χ1n) is 7.79. The van der Waals surface area contributed by atoms with Crippen LogP contribution in [0.25, 0.3) is 0 Å². The minimum absolute atomic E-state index is 0.0900. The van der Waals surface area contributed by atoms with Crippen LogP contribution in [0.5, 0.6) is 0 Å². The van der Waals surface area contributed by atoms with Crippen LogP contribution in [0.2, 0.25) is 0 Å². The molecule has 0 aromatic heterocycles. The fourth-order valence-corrected chi connectivity index (χ4v) is 2.68. The third-order valence-electron chi connectivity index (χ3n) is 4.03. The van der Waals surface area contributed by atoms with Gasteiger partial charge in [-0.15, -0.1) is 0 Å². The molecule has 1 rings (SSSR count). The molecule has 0 heterocycles. The number of hydrogen-bond acceptors (Lipinski definition) is 10. The Kier molecular flexibility index (Phi) is 8.05. The molecule has 0 aliphatic heterocycles. The van der Waals surface area contributed by atoms with E-state index in [4.69, 9.17) is 0 Å². The summed E-state index contributed by atoms with van der Waals surface area (Å²) in [6.45, 7) is 0. The Labute approximate surface area is 159 Å². The topological polar surface area (TPSA) is 148 Å². The van der Waals surface area contributed by atoms with Gasteiger partial charge in [-0.25, -0.2) is 0 Å². The predicted octanol–water partition coefficient (Wildman–Crippen LogP) is 0.603. The summed E-state index contributed by atoms with van der Waals surface area (Å²) < 4.78 is 18.5. The molecule has 0 aliphatic carbocycles. The summed E-state index contributed by atoms with van der Waals surface area (Å²) in [4.78, 5) is 59.4. The van der Waals surface area contributed by atoms with E-state index in [1.54, 1.807) is 0 Å². The number of methoxy groups -OCH3 is 4. The van der Waals surface area contributed by atoms with Crippen molar-refractivity contribution in [2.45, 2.75) is 5.92 Å². The van der Waals surface area contributed by atoms with Crippen molar-refractivity contribution < 1.29 is 43.0 Å². The van der Waals surface area contributed by atoms with Crippen molar-refractivity contribution in [3.8, 4) is 0 Å². The number of hydrogen-bond donors (Lipinski definition) is 0. The number of nitrogens with zero attached hydrogens (tertiary/aromatic N) is 1. The highest BCUT2D eigenvalue weighted by Gasteiger charge is 2.49. The molecule has 0 aliphatic rings. The van der Waals surface area contributed by atoms with Gasteiger partial charge in [-0.2, -0.15) is 0 Å². The SMILES string of the molecule is COC(=O)C(C(=O)OC)C(c1ccc([N+](=O)[O-])cc1)C(C(=O)OC)C(=O)OC. The van der Waals surface area contributed by atoms with Crippen LogP contribution in [0.15, 0.2) is 24.3 Å². The van der Waals surface area contributed by atoms with Crippen LogP contribution in [-0.4, -0.2) is 57.2 Å². The number of esters is 4. The largest absolute Gasteiger partial charge is 0.468 e. The lowest BCUT2D eigenvalue weighted by molar-refractivity contribution is -0.384. The molecule has 0 fully saturated rings. The van der Waals surface area contributed by atoms with Crippen molar-refractivity contribution in [2.75, 3.05) is 28.4 Å². The lowest BCUT2D eigenvalue weighted by Crippen LogP contribution is -2.42. The first-order chi connectivity index (χ1) is 13.2.